The van der Waals surface area contributed by atoms with Gasteiger partial charge in [-0.3, -0.25) is 4.79 Å². The minimum Gasteiger partial charge on any atom is -0.493 e. The summed E-state index contributed by atoms with van der Waals surface area (Å²) in [6.07, 6.45) is 0. The Kier molecular flexibility index (Phi) is 7.06. The summed E-state index contributed by atoms with van der Waals surface area (Å²) in [4.78, 5) is 13.4. The number of nitrogens with one attached hydrogen (secondary N) is 2. The summed E-state index contributed by atoms with van der Waals surface area (Å²) in [5.41, 5.74) is 2.98. The highest BCUT2D eigenvalue weighted by Gasteiger charge is 2.09. The van der Waals surface area contributed by atoms with Gasteiger partial charge >= 0.3 is 0 Å². The van der Waals surface area contributed by atoms with E-state index in [9.17, 15) is 4.79 Å². The van der Waals surface area contributed by atoms with Crippen LogP contribution in [0, 0.1) is 6.92 Å². The molecule has 3 aromatic rings. The molecule has 0 unspecified atom stereocenters. The van der Waals surface area contributed by atoms with Crippen LogP contribution in [0.5, 0.6) is 11.5 Å². The van der Waals surface area contributed by atoms with Crippen LogP contribution in [0.2, 0.25) is 0 Å². The van der Waals surface area contributed by atoms with Crippen LogP contribution in [0.25, 0.3) is 0 Å². The van der Waals surface area contributed by atoms with Gasteiger partial charge in [0.15, 0.2) is 18.1 Å². The third-order valence-electron chi connectivity index (χ3n) is 4.13. The van der Waals surface area contributed by atoms with Crippen molar-refractivity contribution >= 4 is 22.9 Å². The first-order valence-corrected chi connectivity index (χ1v) is 9.91. The lowest BCUT2D eigenvalue weighted by molar-refractivity contribution is -0.118. The number of carbonyl (C=O) groups is 1. The molecule has 0 aliphatic heterocycles. The predicted octanol–water partition coefficient (Wildman–Crippen LogP) is 4.37. The zero-order valence-electron chi connectivity index (χ0n) is 16.0. The quantitative estimate of drug-likeness (QED) is 0.564. The van der Waals surface area contributed by atoms with E-state index in [2.05, 4.69) is 22.1 Å². The summed E-state index contributed by atoms with van der Waals surface area (Å²) in [7, 11) is 1.59. The molecule has 1 heterocycles. The fourth-order valence-corrected chi connectivity index (χ4v) is 3.34. The summed E-state index contributed by atoms with van der Waals surface area (Å²) in [5, 5.41) is 8.29. The molecule has 0 atom stereocenters. The van der Waals surface area contributed by atoms with Crippen molar-refractivity contribution in [1.82, 2.24) is 5.32 Å². The molecular weight excluding hydrogens is 372 g/mol. The van der Waals surface area contributed by atoms with Crippen molar-refractivity contribution in [1.29, 1.82) is 0 Å². The van der Waals surface area contributed by atoms with E-state index in [0.29, 0.717) is 11.5 Å². The highest BCUT2D eigenvalue weighted by atomic mass is 32.1. The number of benzene rings is 2. The maximum Gasteiger partial charge on any atom is 0.262 e. The number of rotatable bonds is 9. The largest absolute Gasteiger partial charge is 0.493 e. The number of anilines is 1. The van der Waals surface area contributed by atoms with E-state index in [4.69, 9.17) is 9.47 Å². The Morgan fingerprint density at radius 1 is 1.04 bits per heavy atom. The first kappa shape index (κ1) is 19.9. The molecule has 0 aliphatic rings. The number of thiophene rings is 1. The number of ether oxygens (including phenoxy) is 2. The molecule has 2 aromatic carbocycles. The third kappa shape index (κ3) is 5.84. The average molecular weight is 397 g/mol. The molecule has 0 spiro atoms. The Bertz CT molecular complexity index is 893. The highest BCUT2D eigenvalue weighted by Crippen LogP contribution is 2.28. The molecule has 6 heteroatoms. The van der Waals surface area contributed by atoms with Crippen molar-refractivity contribution in [2.45, 2.75) is 20.0 Å². The summed E-state index contributed by atoms with van der Waals surface area (Å²) in [6.45, 7) is 3.47. The fourth-order valence-electron chi connectivity index (χ4n) is 2.66. The van der Waals surface area contributed by atoms with Gasteiger partial charge in [0.1, 0.15) is 0 Å². The number of hydrogen-bond acceptors (Lipinski definition) is 5. The first-order chi connectivity index (χ1) is 13.6. The van der Waals surface area contributed by atoms with Crippen molar-refractivity contribution in [2.75, 3.05) is 19.0 Å². The topological polar surface area (TPSA) is 59.6 Å². The average Bonchev–Trinajstić information content (AvgIpc) is 3.22. The van der Waals surface area contributed by atoms with E-state index >= 15 is 0 Å². The van der Waals surface area contributed by atoms with Crippen LogP contribution in [-0.4, -0.2) is 19.6 Å². The predicted molar refractivity (Wildman–Crippen MR) is 113 cm³/mol. The Balaban J connectivity index is 1.51. The van der Waals surface area contributed by atoms with Crippen molar-refractivity contribution < 1.29 is 14.3 Å². The van der Waals surface area contributed by atoms with E-state index in [0.717, 1.165) is 29.9 Å². The fraction of sp³-hybridized carbons (Fsp3) is 0.227. The third-order valence-corrected chi connectivity index (χ3v) is 5.01. The molecule has 0 saturated heterocycles. The molecule has 2 N–H and O–H groups in total. The number of aryl methyl sites for hydroxylation is 1. The second-order valence-electron chi connectivity index (χ2n) is 6.37. The van der Waals surface area contributed by atoms with Crippen molar-refractivity contribution in [2.24, 2.45) is 0 Å². The number of hydrogen-bond donors (Lipinski definition) is 2. The second kappa shape index (κ2) is 9.92. The van der Waals surface area contributed by atoms with Crippen LogP contribution in [0.4, 0.5) is 5.69 Å². The zero-order valence-corrected chi connectivity index (χ0v) is 16.8. The van der Waals surface area contributed by atoms with Crippen LogP contribution in [0.1, 0.15) is 16.0 Å². The van der Waals surface area contributed by atoms with Crippen LogP contribution in [0.15, 0.2) is 60.0 Å². The van der Waals surface area contributed by atoms with Crippen molar-refractivity contribution in [3.05, 3.63) is 76.0 Å². The zero-order chi connectivity index (χ0) is 19.8. The Morgan fingerprint density at radius 2 is 1.86 bits per heavy atom. The summed E-state index contributed by atoms with van der Waals surface area (Å²) in [6, 6.07) is 17.5. The number of methoxy groups -OCH3 is 1. The van der Waals surface area contributed by atoms with Crippen LogP contribution in [0.3, 0.4) is 0 Å². The minimum absolute atomic E-state index is 0.0831. The van der Waals surface area contributed by atoms with Gasteiger partial charge in [-0.1, -0.05) is 29.8 Å². The van der Waals surface area contributed by atoms with Gasteiger partial charge in [-0.05, 0) is 48.2 Å². The molecular formula is C22H24N2O3S. The molecule has 1 amide bonds. The van der Waals surface area contributed by atoms with Crippen LogP contribution in [-0.2, 0) is 17.9 Å². The van der Waals surface area contributed by atoms with Crippen molar-refractivity contribution in [3.63, 3.8) is 0 Å². The molecule has 5 nitrogen and oxygen atoms in total. The molecule has 28 heavy (non-hydrogen) atoms. The molecule has 0 fully saturated rings. The molecule has 146 valence electrons. The summed E-state index contributed by atoms with van der Waals surface area (Å²) in [5.74, 6) is 0.940. The van der Waals surface area contributed by atoms with Gasteiger partial charge in [-0.25, -0.2) is 0 Å². The van der Waals surface area contributed by atoms with Gasteiger partial charge in [0.05, 0.1) is 7.11 Å². The monoisotopic (exact) mass is 396 g/mol. The van der Waals surface area contributed by atoms with Crippen molar-refractivity contribution in [3.8, 4) is 11.5 Å². The maximum atomic E-state index is 12.1. The molecule has 1 aromatic heterocycles. The Labute approximate surface area is 169 Å². The van der Waals surface area contributed by atoms with E-state index in [-0.39, 0.29) is 12.5 Å². The second-order valence-corrected chi connectivity index (χ2v) is 7.40. The molecule has 0 aliphatic carbocycles. The Hall–Kier alpha value is -2.83. The normalized spacial score (nSPS) is 10.5. The van der Waals surface area contributed by atoms with E-state index in [1.165, 1.54) is 4.88 Å². The lowest BCUT2D eigenvalue weighted by Crippen LogP contribution is -2.20. The van der Waals surface area contributed by atoms with Crippen LogP contribution < -0.4 is 20.1 Å². The van der Waals surface area contributed by atoms with E-state index < -0.39 is 0 Å². The minimum atomic E-state index is -0.215. The van der Waals surface area contributed by atoms with Gasteiger partial charge in [0.2, 0.25) is 0 Å². The molecule has 0 saturated carbocycles. The Morgan fingerprint density at radius 3 is 2.57 bits per heavy atom. The van der Waals surface area contributed by atoms with Gasteiger partial charge < -0.3 is 20.1 Å². The maximum absolute atomic E-state index is 12.1. The lowest BCUT2D eigenvalue weighted by Gasteiger charge is -2.13. The van der Waals surface area contributed by atoms with Crippen LogP contribution >= 0.6 is 11.3 Å². The highest BCUT2D eigenvalue weighted by molar-refractivity contribution is 7.09. The molecule has 0 bridgehead atoms. The van der Waals surface area contributed by atoms with E-state index in [1.807, 2.05) is 55.5 Å². The number of carbonyl (C=O) groups excluding carboxylic acids is 1. The molecule has 0 radical (unpaired) electrons. The smallest absolute Gasteiger partial charge is 0.262 e. The van der Waals surface area contributed by atoms with Gasteiger partial charge in [-0.15, -0.1) is 11.3 Å². The van der Waals surface area contributed by atoms with Gasteiger partial charge in [-0.2, -0.15) is 0 Å². The number of amides is 1. The first-order valence-electron chi connectivity index (χ1n) is 9.03. The van der Waals surface area contributed by atoms with Gasteiger partial charge in [0, 0.05) is 23.7 Å². The summed E-state index contributed by atoms with van der Waals surface area (Å²) >= 11 is 1.73. The lowest BCUT2D eigenvalue weighted by atomic mass is 10.2. The SMILES string of the molecule is COc1cc(CNCc2cccs2)ccc1OCC(=O)Nc1ccc(C)cc1. The van der Waals surface area contributed by atoms with Gasteiger partial charge in [0.25, 0.3) is 5.91 Å². The summed E-state index contributed by atoms with van der Waals surface area (Å²) < 4.78 is 11.1. The molecule has 3 rings (SSSR count). The standard InChI is InChI=1S/C22H24N2O3S/c1-16-5-8-18(9-6-16)24-22(25)15-27-20-10-7-17(12-21(20)26-2)13-23-14-19-4-3-11-28-19/h3-12,23H,13-15H2,1-2H3,(H,24,25). The van der Waals surface area contributed by atoms with E-state index in [1.54, 1.807) is 18.4 Å².